The van der Waals surface area contributed by atoms with Gasteiger partial charge in [-0.05, 0) is 48.0 Å². The number of benzene rings is 3. The molecule has 0 aliphatic rings. The molecule has 0 spiro atoms. The third kappa shape index (κ3) is 4.30. The first-order chi connectivity index (χ1) is 14.3. The second-order valence-corrected chi connectivity index (χ2v) is 7.76. The minimum atomic E-state index is -4.90. The van der Waals surface area contributed by atoms with Crippen LogP contribution in [0.15, 0.2) is 77.6 Å². The van der Waals surface area contributed by atoms with E-state index in [4.69, 9.17) is 20.5 Å². The monoisotopic (exact) mass is 443 g/mol. The molecule has 0 saturated carbocycles. The Hall–Kier alpha value is -3.33. The molecule has 0 atom stereocenters. The smallest absolute Gasteiger partial charge is 0.446 e. The summed E-state index contributed by atoms with van der Waals surface area (Å²) in [6, 6.07) is 20.0. The molecule has 0 unspecified atom stereocenters. The third-order valence-corrected chi connectivity index (χ3v) is 4.83. The number of halogens is 1. The van der Waals surface area contributed by atoms with Gasteiger partial charge in [-0.1, -0.05) is 41.9 Å². The minimum Gasteiger partial charge on any atom is -0.457 e. The zero-order valence-electron chi connectivity index (χ0n) is 15.2. The highest BCUT2D eigenvalue weighted by Crippen LogP contribution is 2.36. The average Bonchev–Trinajstić information content (AvgIpc) is 2.67. The lowest BCUT2D eigenvalue weighted by Crippen LogP contribution is -2.15. The summed E-state index contributed by atoms with van der Waals surface area (Å²) in [4.78, 5) is 15.5. The van der Waals surface area contributed by atoms with E-state index in [1.165, 1.54) is 18.2 Å². The number of fused-ring (bicyclic) bond motifs is 1. The van der Waals surface area contributed by atoms with Crippen molar-refractivity contribution < 1.29 is 21.9 Å². The molecular weight excluding hydrogens is 430 g/mol. The minimum absolute atomic E-state index is 0.0824. The Kier molecular flexibility index (Phi) is 5.21. The van der Waals surface area contributed by atoms with Crippen LogP contribution in [-0.4, -0.2) is 18.0 Å². The summed E-state index contributed by atoms with van der Waals surface area (Å²) in [5, 5.41) is 0.586. The van der Waals surface area contributed by atoms with Gasteiger partial charge in [-0.2, -0.15) is 8.42 Å². The van der Waals surface area contributed by atoms with Crippen molar-refractivity contribution in [1.82, 2.24) is 4.98 Å². The second-order valence-electron chi connectivity index (χ2n) is 6.30. The second kappa shape index (κ2) is 7.83. The normalized spacial score (nSPS) is 11.4. The van der Waals surface area contributed by atoms with E-state index in [0.29, 0.717) is 22.1 Å². The summed E-state index contributed by atoms with van der Waals surface area (Å²) in [7, 11) is -4.90. The maximum absolute atomic E-state index is 12.8. The Morgan fingerprint density at radius 2 is 1.63 bits per heavy atom. The van der Waals surface area contributed by atoms with E-state index in [1.54, 1.807) is 36.4 Å². The van der Waals surface area contributed by atoms with Gasteiger partial charge in [-0.3, -0.25) is 9.35 Å². The molecule has 30 heavy (non-hydrogen) atoms. The van der Waals surface area contributed by atoms with Crippen molar-refractivity contribution in [3.05, 3.63) is 88.2 Å². The Balaban J connectivity index is 1.91. The molecule has 0 radical (unpaired) electrons. The molecule has 7 nitrogen and oxygen atoms in total. The molecule has 2 N–H and O–H groups in total. The van der Waals surface area contributed by atoms with Crippen LogP contribution >= 0.6 is 11.6 Å². The van der Waals surface area contributed by atoms with E-state index in [-0.39, 0.29) is 22.2 Å². The highest BCUT2D eigenvalue weighted by atomic mass is 35.5. The van der Waals surface area contributed by atoms with E-state index in [1.807, 2.05) is 18.2 Å². The molecule has 0 amide bonds. The molecule has 3 aromatic carbocycles. The number of H-pyrrole nitrogens is 1. The molecule has 0 aliphatic carbocycles. The number of rotatable bonds is 5. The quantitative estimate of drug-likeness (QED) is 0.428. The first-order valence-corrected chi connectivity index (χ1v) is 10.4. The SMILES string of the molecule is O=c1[nH]c2cc(Cl)ccc2c(OS(=O)(=O)O)c1-c1cccc(Oc2ccccc2)c1. The lowest BCUT2D eigenvalue weighted by Gasteiger charge is -2.13. The van der Waals surface area contributed by atoms with Crippen LogP contribution in [0.25, 0.3) is 22.0 Å². The molecule has 1 aromatic heterocycles. The van der Waals surface area contributed by atoms with Gasteiger partial charge in [0.1, 0.15) is 11.5 Å². The predicted molar refractivity (Wildman–Crippen MR) is 114 cm³/mol. The van der Waals surface area contributed by atoms with Crippen molar-refractivity contribution in [2.45, 2.75) is 0 Å². The molecule has 0 fully saturated rings. The van der Waals surface area contributed by atoms with Gasteiger partial charge in [0.15, 0.2) is 5.75 Å². The molecule has 9 heteroatoms. The van der Waals surface area contributed by atoms with E-state index in [0.717, 1.165) is 0 Å². The van der Waals surface area contributed by atoms with Gasteiger partial charge in [-0.15, -0.1) is 0 Å². The molecule has 4 rings (SSSR count). The van der Waals surface area contributed by atoms with Gasteiger partial charge in [0.25, 0.3) is 5.56 Å². The summed E-state index contributed by atoms with van der Waals surface area (Å²) in [6.07, 6.45) is 0. The van der Waals surface area contributed by atoms with Crippen molar-refractivity contribution in [2.75, 3.05) is 0 Å². The number of ether oxygens (including phenoxy) is 1. The number of hydrogen-bond donors (Lipinski definition) is 2. The molecular formula is C21H14ClNO6S. The Bertz CT molecular complexity index is 1400. The summed E-state index contributed by atoms with van der Waals surface area (Å²) < 4.78 is 42.8. The molecule has 0 bridgehead atoms. The van der Waals surface area contributed by atoms with Crippen LogP contribution in [0.3, 0.4) is 0 Å². The van der Waals surface area contributed by atoms with E-state index >= 15 is 0 Å². The Morgan fingerprint density at radius 3 is 2.37 bits per heavy atom. The summed E-state index contributed by atoms with van der Waals surface area (Å²) in [6.45, 7) is 0. The van der Waals surface area contributed by atoms with Gasteiger partial charge >= 0.3 is 10.4 Å². The zero-order chi connectivity index (χ0) is 21.3. The topological polar surface area (TPSA) is 106 Å². The fourth-order valence-corrected chi connectivity index (χ4v) is 3.59. The molecule has 0 saturated heterocycles. The van der Waals surface area contributed by atoms with E-state index in [2.05, 4.69) is 4.98 Å². The molecule has 152 valence electrons. The van der Waals surface area contributed by atoms with Crippen LogP contribution in [-0.2, 0) is 10.4 Å². The standard InChI is InChI=1S/C21H14ClNO6S/c22-14-9-10-17-18(12-14)23-21(24)19(20(17)29-30(25,26)27)13-5-4-8-16(11-13)28-15-6-2-1-3-7-15/h1-12H,(H,23,24)(H,25,26,27). The molecule has 4 aromatic rings. The van der Waals surface area contributed by atoms with Gasteiger partial charge in [0.2, 0.25) is 0 Å². The van der Waals surface area contributed by atoms with Crippen molar-refractivity contribution in [3.63, 3.8) is 0 Å². The van der Waals surface area contributed by atoms with Crippen LogP contribution < -0.4 is 14.5 Å². The number of nitrogens with one attached hydrogen (secondary N) is 1. The average molecular weight is 444 g/mol. The largest absolute Gasteiger partial charge is 0.457 e. The van der Waals surface area contributed by atoms with Gasteiger partial charge in [0, 0.05) is 10.4 Å². The maximum Gasteiger partial charge on any atom is 0.446 e. The predicted octanol–water partition coefficient (Wildman–Crippen LogP) is 4.82. The van der Waals surface area contributed by atoms with Gasteiger partial charge in [0.05, 0.1) is 11.1 Å². The molecule has 1 heterocycles. The lowest BCUT2D eigenvalue weighted by molar-refractivity contribution is 0.388. The van der Waals surface area contributed by atoms with Gasteiger partial charge < -0.3 is 13.9 Å². The number of aromatic nitrogens is 1. The maximum atomic E-state index is 12.8. The highest BCUT2D eigenvalue weighted by Gasteiger charge is 2.21. The lowest BCUT2D eigenvalue weighted by atomic mass is 10.0. The van der Waals surface area contributed by atoms with Crippen LogP contribution in [0, 0.1) is 0 Å². The number of aromatic amines is 1. The molecule has 0 aliphatic heterocycles. The van der Waals surface area contributed by atoms with E-state index < -0.39 is 16.0 Å². The van der Waals surface area contributed by atoms with Crippen molar-refractivity contribution in [3.8, 4) is 28.4 Å². The first kappa shape index (κ1) is 20.0. The Labute approximate surface area is 176 Å². The summed E-state index contributed by atoms with van der Waals surface area (Å²) in [5.41, 5.74) is -0.118. The number of para-hydroxylation sites is 1. The Morgan fingerprint density at radius 1 is 0.900 bits per heavy atom. The number of pyridine rings is 1. The fraction of sp³-hybridized carbons (Fsp3) is 0. The van der Waals surface area contributed by atoms with E-state index in [9.17, 15) is 17.8 Å². The summed E-state index contributed by atoms with van der Waals surface area (Å²) >= 11 is 5.96. The van der Waals surface area contributed by atoms with Crippen molar-refractivity contribution in [2.24, 2.45) is 0 Å². The van der Waals surface area contributed by atoms with Crippen LogP contribution in [0.4, 0.5) is 0 Å². The van der Waals surface area contributed by atoms with Crippen LogP contribution in [0.2, 0.25) is 5.02 Å². The third-order valence-electron chi connectivity index (χ3n) is 4.22. The van der Waals surface area contributed by atoms with Crippen molar-refractivity contribution >= 4 is 32.9 Å². The van der Waals surface area contributed by atoms with Gasteiger partial charge in [-0.25, -0.2) is 0 Å². The van der Waals surface area contributed by atoms with Crippen LogP contribution in [0.5, 0.6) is 17.2 Å². The van der Waals surface area contributed by atoms with Crippen LogP contribution in [0.1, 0.15) is 0 Å². The zero-order valence-corrected chi connectivity index (χ0v) is 16.8. The summed E-state index contributed by atoms with van der Waals surface area (Å²) in [5.74, 6) is 0.697. The fourth-order valence-electron chi connectivity index (χ4n) is 3.03. The van der Waals surface area contributed by atoms with Crippen molar-refractivity contribution in [1.29, 1.82) is 0 Å². The number of hydrogen-bond acceptors (Lipinski definition) is 5. The first-order valence-electron chi connectivity index (χ1n) is 8.66. The highest BCUT2D eigenvalue weighted by molar-refractivity contribution is 7.81.